The van der Waals surface area contributed by atoms with Crippen molar-refractivity contribution in [1.29, 1.82) is 5.26 Å². The molecular formula is C31H29N3O4. The number of para-hydroxylation sites is 1. The lowest BCUT2D eigenvalue weighted by Gasteiger charge is -2.36. The monoisotopic (exact) mass is 507 g/mol. The molecule has 3 aromatic rings. The SMILES string of the molecule is C=CCc1cc(/C=C(/C#N)C(=O)N2CCN(c3ccccc3)CC2)ccc1OCc1ccc2c(c1)OCO2. The molecule has 0 N–H and O–H groups in total. The van der Waals surface area contributed by atoms with E-state index in [4.69, 9.17) is 14.2 Å². The second kappa shape index (κ2) is 11.6. The number of anilines is 1. The number of ether oxygens (including phenoxy) is 3. The molecule has 0 unspecified atom stereocenters. The van der Waals surface area contributed by atoms with Crippen molar-refractivity contribution in [3.8, 4) is 23.3 Å². The molecule has 2 aliphatic heterocycles. The summed E-state index contributed by atoms with van der Waals surface area (Å²) in [4.78, 5) is 17.2. The minimum absolute atomic E-state index is 0.122. The number of amides is 1. The van der Waals surface area contributed by atoms with Gasteiger partial charge in [-0.2, -0.15) is 5.26 Å². The molecular weight excluding hydrogens is 478 g/mol. The van der Waals surface area contributed by atoms with E-state index < -0.39 is 0 Å². The Labute approximate surface area is 222 Å². The van der Waals surface area contributed by atoms with Gasteiger partial charge in [0.2, 0.25) is 6.79 Å². The third-order valence-electron chi connectivity index (χ3n) is 6.63. The number of rotatable bonds is 8. The molecule has 0 atom stereocenters. The predicted octanol–water partition coefficient (Wildman–Crippen LogP) is 4.98. The summed E-state index contributed by atoms with van der Waals surface area (Å²) in [7, 11) is 0. The van der Waals surface area contributed by atoms with Crippen molar-refractivity contribution in [3.63, 3.8) is 0 Å². The van der Waals surface area contributed by atoms with E-state index in [1.165, 1.54) is 0 Å². The summed E-state index contributed by atoms with van der Waals surface area (Å²) in [5.74, 6) is 1.93. The maximum absolute atomic E-state index is 13.2. The topological polar surface area (TPSA) is 75.0 Å². The molecule has 2 heterocycles. The maximum atomic E-state index is 13.2. The van der Waals surface area contributed by atoms with Gasteiger partial charge >= 0.3 is 0 Å². The number of nitrogens with zero attached hydrogens (tertiary/aromatic N) is 3. The molecule has 0 radical (unpaired) electrons. The molecule has 0 aliphatic carbocycles. The molecule has 38 heavy (non-hydrogen) atoms. The van der Waals surface area contributed by atoms with E-state index in [1.807, 2.05) is 54.6 Å². The Bertz CT molecular complexity index is 1390. The Kier molecular flexibility index (Phi) is 7.60. The van der Waals surface area contributed by atoms with E-state index in [2.05, 4.69) is 29.7 Å². The second-order valence-corrected chi connectivity index (χ2v) is 9.12. The maximum Gasteiger partial charge on any atom is 0.264 e. The first-order chi connectivity index (χ1) is 18.6. The fourth-order valence-corrected chi connectivity index (χ4v) is 4.62. The number of hydrogen-bond acceptors (Lipinski definition) is 6. The first-order valence-corrected chi connectivity index (χ1v) is 12.6. The molecule has 0 saturated carbocycles. The number of fused-ring (bicyclic) bond motifs is 1. The first-order valence-electron chi connectivity index (χ1n) is 12.6. The van der Waals surface area contributed by atoms with Crippen molar-refractivity contribution in [2.75, 3.05) is 37.9 Å². The third kappa shape index (κ3) is 5.65. The zero-order chi connectivity index (χ0) is 26.3. The summed E-state index contributed by atoms with van der Waals surface area (Å²) < 4.78 is 16.9. The standard InChI is InChI=1S/C31H29N3O4/c1-2-6-25-17-23(9-11-28(25)36-21-24-10-12-29-30(19-24)38-22-37-29)18-26(20-32)31(35)34-15-13-33(14-16-34)27-7-4-3-5-8-27/h2-5,7-12,17-19H,1,6,13-16,21-22H2/b26-18-. The van der Waals surface area contributed by atoms with Crippen LogP contribution in [0, 0.1) is 11.3 Å². The van der Waals surface area contributed by atoms with Crippen LogP contribution in [0.3, 0.4) is 0 Å². The van der Waals surface area contributed by atoms with Crippen molar-refractivity contribution in [3.05, 3.63) is 102 Å². The van der Waals surface area contributed by atoms with E-state index >= 15 is 0 Å². The average molecular weight is 508 g/mol. The molecule has 3 aromatic carbocycles. The smallest absolute Gasteiger partial charge is 0.264 e. The van der Waals surface area contributed by atoms with Crippen LogP contribution in [0.4, 0.5) is 5.69 Å². The molecule has 1 fully saturated rings. The van der Waals surface area contributed by atoms with Gasteiger partial charge in [0.15, 0.2) is 11.5 Å². The Morgan fingerprint density at radius 1 is 1.00 bits per heavy atom. The lowest BCUT2D eigenvalue weighted by molar-refractivity contribution is -0.126. The van der Waals surface area contributed by atoms with Crippen molar-refractivity contribution in [2.24, 2.45) is 0 Å². The van der Waals surface area contributed by atoms with E-state index in [9.17, 15) is 10.1 Å². The number of piperazine rings is 1. The third-order valence-corrected chi connectivity index (χ3v) is 6.63. The van der Waals surface area contributed by atoms with Crippen LogP contribution in [0.2, 0.25) is 0 Å². The van der Waals surface area contributed by atoms with Crippen LogP contribution in [0.5, 0.6) is 17.2 Å². The zero-order valence-corrected chi connectivity index (χ0v) is 21.1. The highest BCUT2D eigenvalue weighted by molar-refractivity contribution is 6.01. The van der Waals surface area contributed by atoms with Crippen LogP contribution < -0.4 is 19.1 Å². The fraction of sp³-hybridized carbons (Fsp3) is 0.226. The highest BCUT2D eigenvalue weighted by Gasteiger charge is 2.24. The Morgan fingerprint density at radius 2 is 1.79 bits per heavy atom. The van der Waals surface area contributed by atoms with Gasteiger partial charge in [-0.05, 0) is 65.6 Å². The van der Waals surface area contributed by atoms with E-state index in [0.29, 0.717) is 31.9 Å². The molecule has 7 heteroatoms. The summed E-state index contributed by atoms with van der Waals surface area (Å²) in [5, 5.41) is 9.79. The van der Waals surface area contributed by atoms with Gasteiger partial charge in [0.05, 0.1) is 0 Å². The summed E-state index contributed by atoms with van der Waals surface area (Å²) in [6.07, 6.45) is 4.05. The molecule has 2 aliphatic rings. The van der Waals surface area contributed by atoms with Crippen molar-refractivity contribution < 1.29 is 19.0 Å². The lowest BCUT2D eigenvalue weighted by Crippen LogP contribution is -2.49. The molecule has 5 rings (SSSR count). The summed E-state index contributed by atoms with van der Waals surface area (Å²) in [6.45, 7) is 7.06. The quantitative estimate of drug-likeness (QED) is 0.243. The molecule has 0 bridgehead atoms. The van der Waals surface area contributed by atoms with Crippen molar-refractivity contribution in [2.45, 2.75) is 13.0 Å². The largest absolute Gasteiger partial charge is 0.489 e. The van der Waals surface area contributed by atoms with Crippen LogP contribution in [-0.4, -0.2) is 43.8 Å². The summed E-state index contributed by atoms with van der Waals surface area (Å²) in [5.41, 5.74) is 3.93. The normalized spacial score (nSPS) is 14.7. The van der Waals surface area contributed by atoms with Gasteiger partial charge in [-0.1, -0.05) is 36.4 Å². The first kappa shape index (κ1) is 25.0. The molecule has 1 amide bonds. The minimum atomic E-state index is -0.242. The van der Waals surface area contributed by atoms with Crippen LogP contribution >= 0.6 is 0 Å². The van der Waals surface area contributed by atoms with Gasteiger partial charge in [-0.25, -0.2) is 0 Å². The van der Waals surface area contributed by atoms with Crippen LogP contribution in [0.15, 0.2) is 85.0 Å². The van der Waals surface area contributed by atoms with Gasteiger partial charge in [0.25, 0.3) is 5.91 Å². The zero-order valence-electron chi connectivity index (χ0n) is 21.1. The van der Waals surface area contributed by atoms with Crippen LogP contribution in [-0.2, 0) is 17.8 Å². The van der Waals surface area contributed by atoms with Gasteiger partial charge < -0.3 is 24.0 Å². The molecule has 192 valence electrons. The minimum Gasteiger partial charge on any atom is -0.489 e. The second-order valence-electron chi connectivity index (χ2n) is 9.12. The number of allylic oxidation sites excluding steroid dienone is 1. The average Bonchev–Trinajstić information content (AvgIpc) is 3.44. The number of benzene rings is 3. The fourth-order valence-electron chi connectivity index (χ4n) is 4.62. The highest BCUT2D eigenvalue weighted by atomic mass is 16.7. The predicted molar refractivity (Wildman–Crippen MR) is 146 cm³/mol. The number of carbonyl (C=O) groups is 1. The van der Waals surface area contributed by atoms with Gasteiger partial charge in [0.1, 0.15) is 24.0 Å². The van der Waals surface area contributed by atoms with Crippen molar-refractivity contribution >= 4 is 17.7 Å². The highest BCUT2D eigenvalue weighted by Crippen LogP contribution is 2.33. The van der Waals surface area contributed by atoms with Gasteiger partial charge in [-0.3, -0.25) is 4.79 Å². The summed E-state index contributed by atoms with van der Waals surface area (Å²) in [6, 6.07) is 23.7. The van der Waals surface area contributed by atoms with E-state index in [-0.39, 0.29) is 18.3 Å². The number of hydrogen-bond donors (Lipinski definition) is 0. The lowest BCUT2D eigenvalue weighted by atomic mass is 10.0. The molecule has 1 saturated heterocycles. The molecule has 0 spiro atoms. The Hall–Kier alpha value is -4.70. The Balaban J connectivity index is 1.26. The Morgan fingerprint density at radius 3 is 2.55 bits per heavy atom. The molecule has 0 aromatic heterocycles. The van der Waals surface area contributed by atoms with E-state index in [1.54, 1.807) is 17.1 Å². The number of carbonyl (C=O) groups excluding carboxylic acids is 1. The van der Waals surface area contributed by atoms with Crippen LogP contribution in [0.25, 0.3) is 6.08 Å². The number of nitriles is 1. The van der Waals surface area contributed by atoms with Gasteiger partial charge in [0, 0.05) is 31.9 Å². The van der Waals surface area contributed by atoms with E-state index in [0.717, 1.165) is 47.0 Å². The molecule has 7 nitrogen and oxygen atoms in total. The van der Waals surface area contributed by atoms with Gasteiger partial charge in [-0.15, -0.1) is 6.58 Å². The summed E-state index contributed by atoms with van der Waals surface area (Å²) >= 11 is 0. The van der Waals surface area contributed by atoms with Crippen LogP contribution in [0.1, 0.15) is 16.7 Å². The van der Waals surface area contributed by atoms with Crippen molar-refractivity contribution in [1.82, 2.24) is 4.90 Å².